The lowest BCUT2D eigenvalue weighted by atomic mass is 10.0. The Hall–Kier alpha value is -2.73. The Morgan fingerprint density at radius 2 is 1.87 bits per heavy atom. The number of rotatable bonds is 2. The fraction of sp³-hybridized carbons (Fsp3) is 0.0625. The summed E-state index contributed by atoms with van der Waals surface area (Å²) < 4.78 is 15.8. The molecule has 0 unspecified atom stereocenters. The minimum atomic E-state index is -0.423. The number of allylic oxidation sites excluding steroid dienone is 1. The molecule has 0 fully saturated rings. The minimum Gasteiger partial charge on any atom is -0.323 e. The molecule has 3 aromatic rings. The topological polar surface area (TPSA) is 55.6 Å². The normalized spacial score (nSPS) is 16.4. The van der Waals surface area contributed by atoms with Gasteiger partial charge in [0.1, 0.15) is 11.9 Å². The number of halogens is 2. The van der Waals surface area contributed by atoms with E-state index in [1.54, 1.807) is 35.0 Å². The Bertz CT molecular complexity index is 887. The van der Waals surface area contributed by atoms with Gasteiger partial charge < -0.3 is 5.32 Å². The van der Waals surface area contributed by atoms with Crippen LogP contribution in [0, 0.1) is 5.82 Å². The van der Waals surface area contributed by atoms with Gasteiger partial charge in [-0.3, -0.25) is 0 Å². The van der Waals surface area contributed by atoms with Gasteiger partial charge in [-0.2, -0.15) is 4.68 Å². The largest absolute Gasteiger partial charge is 0.323 e. The van der Waals surface area contributed by atoms with Crippen LogP contribution in [-0.2, 0) is 0 Å². The maximum atomic E-state index is 14.2. The van der Waals surface area contributed by atoms with Crippen molar-refractivity contribution in [3.05, 3.63) is 76.6 Å². The van der Waals surface area contributed by atoms with E-state index < -0.39 is 6.04 Å². The fourth-order valence-corrected chi connectivity index (χ4v) is 2.71. The molecule has 114 valence electrons. The Morgan fingerprint density at radius 1 is 1.09 bits per heavy atom. The van der Waals surface area contributed by atoms with Crippen molar-refractivity contribution >= 4 is 23.2 Å². The summed E-state index contributed by atoms with van der Waals surface area (Å²) in [6.07, 6.45) is 1.89. The molecule has 7 heteroatoms. The standard InChI is InChI=1S/C16H11ClFN5/c17-11-7-5-10(6-8-11)14-9-15(12-3-1-2-4-13(12)18)23-16(19-14)20-21-22-23/h1-9,15H,(H,19,20,22)/t15-/m1/s1. The third kappa shape index (κ3) is 2.47. The van der Waals surface area contributed by atoms with Gasteiger partial charge in [-0.15, -0.1) is 0 Å². The van der Waals surface area contributed by atoms with E-state index in [-0.39, 0.29) is 5.82 Å². The molecule has 5 nitrogen and oxygen atoms in total. The molecule has 0 saturated carbocycles. The SMILES string of the molecule is Fc1ccccc1[C@H]1C=C(c2ccc(Cl)cc2)Nc2nnnn21. The van der Waals surface area contributed by atoms with E-state index in [0.717, 1.165) is 11.3 Å². The Morgan fingerprint density at radius 3 is 2.65 bits per heavy atom. The molecule has 0 amide bonds. The van der Waals surface area contributed by atoms with Crippen molar-refractivity contribution in [1.29, 1.82) is 0 Å². The van der Waals surface area contributed by atoms with Crippen LogP contribution in [0.5, 0.6) is 0 Å². The molecule has 23 heavy (non-hydrogen) atoms. The third-order valence-electron chi connectivity index (χ3n) is 3.71. The second-order valence-electron chi connectivity index (χ2n) is 5.13. The van der Waals surface area contributed by atoms with Crippen LogP contribution in [0.25, 0.3) is 5.70 Å². The molecule has 2 aromatic carbocycles. The molecule has 1 aliphatic heterocycles. The van der Waals surface area contributed by atoms with Crippen LogP contribution in [-0.4, -0.2) is 20.2 Å². The first kappa shape index (κ1) is 13.9. The van der Waals surface area contributed by atoms with Crippen LogP contribution in [0.3, 0.4) is 0 Å². The molecule has 2 heterocycles. The van der Waals surface area contributed by atoms with Gasteiger partial charge in [0.15, 0.2) is 0 Å². The first-order valence-corrected chi connectivity index (χ1v) is 7.37. The molecule has 0 radical (unpaired) electrons. The fourth-order valence-electron chi connectivity index (χ4n) is 2.59. The average Bonchev–Trinajstić information content (AvgIpc) is 3.04. The van der Waals surface area contributed by atoms with Gasteiger partial charge in [-0.25, -0.2) is 4.39 Å². The number of aromatic nitrogens is 4. The van der Waals surface area contributed by atoms with Gasteiger partial charge >= 0.3 is 0 Å². The number of fused-ring (bicyclic) bond motifs is 1. The number of anilines is 1. The number of nitrogens with zero attached hydrogens (tertiary/aromatic N) is 4. The van der Waals surface area contributed by atoms with Crippen LogP contribution in [0.4, 0.5) is 10.3 Å². The van der Waals surface area contributed by atoms with E-state index in [1.807, 2.05) is 18.2 Å². The van der Waals surface area contributed by atoms with Gasteiger partial charge in [-0.1, -0.05) is 47.0 Å². The maximum Gasteiger partial charge on any atom is 0.248 e. The highest BCUT2D eigenvalue weighted by atomic mass is 35.5. The summed E-state index contributed by atoms with van der Waals surface area (Å²) in [5.74, 6) is 0.165. The zero-order chi connectivity index (χ0) is 15.8. The van der Waals surface area contributed by atoms with Crippen molar-refractivity contribution in [3.8, 4) is 0 Å². The van der Waals surface area contributed by atoms with Crippen molar-refractivity contribution in [2.45, 2.75) is 6.04 Å². The monoisotopic (exact) mass is 327 g/mol. The summed E-state index contributed by atoms with van der Waals surface area (Å²) in [6, 6.07) is 13.6. The highest BCUT2D eigenvalue weighted by Crippen LogP contribution is 2.32. The van der Waals surface area contributed by atoms with Gasteiger partial charge in [0.05, 0.1) is 0 Å². The van der Waals surface area contributed by atoms with Crippen LogP contribution >= 0.6 is 11.6 Å². The zero-order valence-electron chi connectivity index (χ0n) is 11.8. The summed E-state index contributed by atoms with van der Waals surface area (Å²) in [6.45, 7) is 0. The predicted octanol–water partition coefficient (Wildman–Crippen LogP) is 3.52. The Balaban J connectivity index is 1.83. The van der Waals surface area contributed by atoms with Crippen LogP contribution in [0.15, 0.2) is 54.6 Å². The predicted molar refractivity (Wildman–Crippen MR) is 85.4 cm³/mol. The molecule has 1 atom stereocenters. The zero-order valence-corrected chi connectivity index (χ0v) is 12.6. The smallest absolute Gasteiger partial charge is 0.248 e. The Labute approximate surface area is 136 Å². The lowest BCUT2D eigenvalue weighted by Crippen LogP contribution is -2.21. The molecular formula is C16H11ClFN5. The molecule has 0 saturated heterocycles. The van der Waals surface area contributed by atoms with E-state index in [0.29, 0.717) is 16.5 Å². The maximum absolute atomic E-state index is 14.2. The lowest BCUT2D eigenvalue weighted by molar-refractivity contribution is 0.540. The number of hydrogen-bond acceptors (Lipinski definition) is 4. The molecule has 0 aliphatic carbocycles. The third-order valence-corrected chi connectivity index (χ3v) is 3.96. The highest BCUT2D eigenvalue weighted by molar-refractivity contribution is 6.30. The van der Waals surface area contributed by atoms with Crippen molar-refractivity contribution in [3.63, 3.8) is 0 Å². The summed E-state index contributed by atoms with van der Waals surface area (Å²) in [5, 5.41) is 15.4. The van der Waals surface area contributed by atoms with Crippen LogP contribution in [0.1, 0.15) is 17.2 Å². The van der Waals surface area contributed by atoms with Crippen molar-refractivity contribution < 1.29 is 4.39 Å². The van der Waals surface area contributed by atoms with Gasteiger partial charge in [-0.05, 0) is 40.3 Å². The van der Waals surface area contributed by atoms with E-state index >= 15 is 0 Å². The van der Waals surface area contributed by atoms with E-state index in [4.69, 9.17) is 11.6 Å². The summed E-state index contributed by atoms with van der Waals surface area (Å²) in [4.78, 5) is 0. The second-order valence-corrected chi connectivity index (χ2v) is 5.56. The molecule has 1 aromatic heterocycles. The first-order valence-electron chi connectivity index (χ1n) is 6.99. The quantitative estimate of drug-likeness (QED) is 0.782. The lowest BCUT2D eigenvalue weighted by Gasteiger charge is -2.23. The average molecular weight is 328 g/mol. The molecule has 0 spiro atoms. The second kappa shape index (κ2) is 5.48. The molecular weight excluding hydrogens is 317 g/mol. The Kier molecular flexibility index (Phi) is 3.31. The van der Waals surface area contributed by atoms with Gasteiger partial charge in [0, 0.05) is 16.3 Å². The molecule has 4 rings (SSSR count). The van der Waals surface area contributed by atoms with E-state index in [2.05, 4.69) is 20.8 Å². The highest BCUT2D eigenvalue weighted by Gasteiger charge is 2.26. The van der Waals surface area contributed by atoms with Gasteiger partial charge in [0.2, 0.25) is 5.95 Å². The van der Waals surface area contributed by atoms with Gasteiger partial charge in [0.25, 0.3) is 0 Å². The first-order chi connectivity index (χ1) is 11.2. The minimum absolute atomic E-state index is 0.299. The van der Waals surface area contributed by atoms with Crippen LogP contribution < -0.4 is 5.32 Å². The molecule has 1 N–H and O–H groups in total. The number of tetrazole rings is 1. The summed E-state index contributed by atoms with van der Waals surface area (Å²) in [5.41, 5.74) is 2.23. The molecule has 0 bridgehead atoms. The number of hydrogen-bond donors (Lipinski definition) is 1. The summed E-state index contributed by atoms with van der Waals surface area (Å²) in [7, 11) is 0. The van der Waals surface area contributed by atoms with Crippen molar-refractivity contribution in [2.75, 3.05) is 5.32 Å². The van der Waals surface area contributed by atoms with Crippen LogP contribution in [0.2, 0.25) is 5.02 Å². The van der Waals surface area contributed by atoms with Crippen molar-refractivity contribution in [1.82, 2.24) is 20.2 Å². The summed E-state index contributed by atoms with van der Waals surface area (Å²) >= 11 is 5.93. The number of benzene rings is 2. The van der Waals surface area contributed by atoms with E-state index in [1.165, 1.54) is 6.07 Å². The van der Waals surface area contributed by atoms with Crippen molar-refractivity contribution in [2.24, 2.45) is 0 Å². The van der Waals surface area contributed by atoms with E-state index in [9.17, 15) is 4.39 Å². The molecule has 1 aliphatic rings. The number of nitrogens with one attached hydrogen (secondary N) is 1.